The van der Waals surface area contributed by atoms with E-state index in [2.05, 4.69) is 24.4 Å². The summed E-state index contributed by atoms with van der Waals surface area (Å²) >= 11 is 1.76. The standard InChI is InChI=1S/C15H22N2O2S/c1-11-5-6-13(20-11)15-16-10-14(18)17(15)8-7-12-4-2-3-9-19-12/h5-6,12,15-16H,2-4,7-10H2,1H3. The Morgan fingerprint density at radius 1 is 1.45 bits per heavy atom. The molecular formula is C15H22N2O2S. The molecule has 0 saturated carbocycles. The Morgan fingerprint density at radius 3 is 3.05 bits per heavy atom. The van der Waals surface area contributed by atoms with E-state index in [4.69, 9.17) is 4.74 Å². The molecule has 2 aliphatic rings. The van der Waals surface area contributed by atoms with E-state index >= 15 is 0 Å². The zero-order valence-corrected chi connectivity index (χ0v) is 12.7. The van der Waals surface area contributed by atoms with Crippen LogP contribution in [0.5, 0.6) is 0 Å². The highest BCUT2D eigenvalue weighted by atomic mass is 32.1. The first-order valence-electron chi connectivity index (χ1n) is 7.45. The Kier molecular flexibility index (Phi) is 4.38. The topological polar surface area (TPSA) is 41.6 Å². The van der Waals surface area contributed by atoms with E-state index < -0.39 is 0 Å². The van der Waals surface area contributed by atoms with Gasteiger partial charge >= 0.3 is 0 Å². The van der Waals surface area contributed by atoms with Crippen LogP contribution in [-0.2, 0) is 9.53 Å². The van der Waals surface area contributed by atoms with E-state index in [0.29, 0.717) is 12.6 Å². The van der Waals surface area contributed by atoms with Crippen molar-refractivity contribution in [2.24, 2.45) is 0 Å². The number of carbonyl (C=O) groups excluding carboxylic acids is 1. The third-order valence-corrected chi connectivity index (χ3v) is 5.13. The molecule has 2 fully saturated rings. The van der Waals surface area contributed by atoms with Crippen LogP contribution in [0.1, 0.15) is 41.6 Å². The molecule has 0 radical (unpaired) electrons. The Morgan fingerprint density at radius 2 is 2.35 bits per heavy atom. The average molecular weight is 294 g/mol. The van der Waals surface area contributed by atoms with Gasteiger partial charge in [0.2, 0.25) is 5.91 Å². The van der Waals surface area contributed by atoms with Crippen molar-refractivity contribution in [2.45, 2.75) is 44.9 Å². The molecule has 3 heterocycles. The lowest BCUT2D eigenvalue weighted by Gasteiger charge is -2.27. The second kappa shape index (κ2) is 6.24. The predicted molar refractivity (Wildman–Crippen MR) is 79.7 cm³/mol. The van der Waals surface area contributed by atoms with Gasteiger partial charge in [-0.2, -0.15) is 0 Å². The summed E-state index contributed by atoms with van der Waals surface area (Å²) in [7, 11) is 0. The third-order valence-electron chi connectivity index (χ3n) is 4.08. The minimum atomic E-state index is 0.0600. The monoisotopic (exact) mass is 294 g/mol. The van der Waals surface area contributed by atoms with Gasteiger partial charge in [-0.25, -0.2) is 0 Å². The summed E-state index contributed by atoms with van der Waals surface area (Å²) in [5.41, 5.74) is 0. The van der Waals surface area contributed by atoms with Crippen LogP contribution in [0.2, 0.25) is 0 Å². The van der Waals surface area contributed by atoms with Gasteiger partial charge in [0.15, 0.2) is 0 Å². The zero-order valence-electron chi connectivity index (χ0n) is 11.9. The van der Waals surface area contributed by atoms with Gasteiger partial charge in [0.05, 0.1) is 12.6 Å². The summed E-state index contributed by atoms with van der Waals surface area (Å²) in [5, 5.41) is 3.32. The van der Waals surface area contributed by atoms with E-state index in [1.54, 1.807) is 11.3 Å². The van der Waals surface area contributed by atoms with Gasteiger partial charge in [-0.05, 0) is 44.7 Å². The lowest BCUT2D eigenvalue weighted by molar-refractivity contribution is -0.128. The van der Waals surface area contributed by atoms with E-state index in [9.17, 15) is 4.79 Å². The Bertz CT molecular complexity index is 468. The molecule has 0 bridgehead atoms. The van der Waals surface area contributed by atoms with Crippen LogP contribution in [0, 0.1) is 6.92 Å². The van der Waals surface area contributed by atoms with Crippen LogP contribution in [0.15, 0.2) is 12.1 Å². The van der Waals surface area contributed by atoms with Crippen LogP contribution in [0.4, 0.5) is 0 Å². The molecule has 20 heavy (non-hydrogen) atoms. The molecule has 110 valence electrons. The summed E-state index contributed by atoms with van der Waals surface area (Å²) < 4.78 is 5.76. The number of amides is 1. The molecule has 2 atom stereocenters. The molecule has 2 saturated heterocycles. The lowest BCUT2D eigenvalue weighted by atomic mass is 10.1. The molecule has 1 aromatic rings. The van der Waals surface area contributed by atoms with Crippen molar-refractivity contribution < 1.29 is 9.53 Å². The third kappa shape index (κ3) is 3.05. The van der Waals surface area contributed by atoms with Crippen molar-refractivity contribution in [3.8, 4) is 0 Å². The average Bonchev–Trinajstić information content (AvgIpc) is 3.04. The largest absolute Gasteiger partial charge is 0.378 e. The lowest BCUT2D eigenvalue weighted by Crippen LogP contribution is -2.33. The maximum absolute atomic E-state index is 12.1. The second-order valence-corrected chi connectivity index (χ2v) is 6.92. The minimum Gasteiger partial charge on any atom is -0.378 e. The van der Waals surface area contributed by atoms with Crippen molar-refractivity contribution in [2.75, 3.05) is 19.7 Å². The number of rotatable bonds is 4. The Hall–Kier alpha value is -0.910. The van der Waals surface area contributed by atoms with Crippen molar-refractivity contribution in [1.82, 2.24) is 10.2 Å². The highest BCUT2D eigenvalue weighted by molar-refractivity contribution is 7.12. The number of carbonyl (C=O) groups is 1. The van der Waals surface area contributed by atoms with Gasteiger partial charge in [-0.1, -0.05) is 0 Å². The molecule has 4 nitrogen and oxygen atoms in total. The van der Waals surface area contributed by atoms with E-state index in [1.807, 2.05) is 4.90 Å². The maximum Gasteiger partial charge on any atom is 0.238 e. The van der Waals surface area contributed by atoms with Gasteiger partial charge in [0.1, 0.15) is 6.17 Å². The van der Waals surface area contributed by atoms with E-state index in [1.165, 1.54) is 22.6 Å². The molecule has 1 N–H and O–H groups in total. The van der Waals surface area contributed by atoms with Gasteiger partial charge in [-0.3, -0.25) is 10.1 Å². The summed E-state index contributed by atoms with van der Waals surface area (Å²) in [6, 6.07) is 4.24. The minimum absolute atomic E-state index is 0.0600. The smallest absolute Gasteiger partial charge is 0.238 e. The molecule has 5 heteroatoms. The van der Waals surface area contributed by atoms with Crippen molar-refractivity contribution in [3.63, 3.8) is 0 Å². The first-order valence-corrected chi connectivity index (χ1v) is 8.26. The Labute approximate surface area is 124 Å². The fourth-order valence-corrected chi connectivity index (χ4v) is 3.93. The van der Waals surface area contributed by atoms with Crippen LogP contribution in [0.3, 0.4) is 0 Å². The van der Waals surface area contributed by atoms with Gasteiger partial charge in [-0.15, -0.1) is 11.3 Å². The molecule has 2 aliphatic heterocycles. The molecule has 3 rings (SSSR count). The molecule has 0 spiro atoms. The summed E-state index contributed by atoms with van der Waals surface area (Å²) in [6.07, 6.45) is 4.92. The number of nitrogens with zero attached hydrogens (tertiary/aromatic N) is 1. The van der Waals surface area contributed by atoms with Crippen molar-refractivity contribution in [3.05, 3.63) is 21.9 Å². The number of hydrogen-bond acceptors (Lipinski definition) is 4. The van der Waals surface area contributed by atoms with Crippen LogP contribution in [0.25, 0.3) is 0 Å². The quantitative estimate of drug-likeness (QED) is 0.927. The fraction of sp³-hybridized carbons (Fsp3) is 0.667. The predicted octanol–water partition coefficient (Wildman–Crippen LogP) is 2.45. The normalized spacial score (nSPS) is 27.2. The van der Waals surface area contributed by atoms with Crippen molar-refractivity contribution in [1.29, 1.82) is 0 Å². The van der Waals surface area contributed by atoms with Crippen molar-refractivity contribution >= 4 is 17.2 Å². The second-order valence-electron chi connectivity index (χ2n) is 5.60. The molecule has 1 aromatic heterocycles. The number of hydrogen-bond donors (Lipinski definition) is 1. The highest BCUT2D eigenvalue weighted by Crippen LogP contribution is 2.29. The van der Waals surface area contributed by atoms with Crippen LogP contribution in [-0.4, -0.2) is 36.6 Å². The molecule has 0 aromatic carbocycles. The first-order chi connectivity index (χ1) is 9.74. The van der Waals surface area contributed by atoms with Crippen LogP contribution >= 0.6 is 11.3 Å². The fourth-order valence-electron chi connectivity index (χ4n) is 2.97. The first kappa shape index (κ1) is 14.0. The number of ether oxygens (including phenoxy) is 1. The zero-order chi connectivity index (χ0) is 13.9. The van der Waals surface area contributed by atoms with Gasteiger partial charge in [0, 0.05) is 22.9 Å². The number of nitrogens with one attached hydrogen (secondary N) is 1. The van der Waals surface area contributed by atoms with E-state index in [-0.39, 0.29) is 12.1 Å². The molecule has 1 amide bonds. The molecular weight excluding hydrogens is 272 g/mol. The summed E-state index contributed by atoms with van der Waals surface area (Å²) in [4.78, 5) is 16.6. The SMILES string of the molecule is Cc1ccc(C2NCC(=O)N2CCC2CCCCO2)s1. The number of aryl methyl sites for hydroxylation is 1. The summed E-state index contributed by atoms with van der Waals surface area (Å²) in [6.45, 7) is 4.22. The maximum atomic E-state index is 12.1. The van der Waals surface area contributed by atoms with Gasteiger partial charge < -0.3 is 9.64 Å². The van der Waals surface area contributed by atoms with Gasteiger partial charge in [0.25, 0.3) is 0 Å². The summed E-state index contributed by atoms with van der Waals surface area (Å²) in [5.74, 6) is 0.205. The van der Waals surface area contributed by atoms with E-state index in [0.717, 1.165) is 26.0 Å². The number of thiophene rings is 1. The Balaban J connectivity index is 1.61. The molecule has 2 unspecified atom stereocenters. The van der Waals surface area contributed by atoms with Crippen LogP contribution < -0.4 is 5.32 Å². The highest BCUT2D eigenvalue weighted by Gasteiger charge is 2.32. The molecule has 0 aliphatic carbocycles.